The highest BCUT2D eigenvalue weighted by molar-refractivity contribution is 9.10. The van der Waals surface area contributed by atoms with Crippen LogP contribution in [0.15, 0.2) is 46.9 Å². The number of hydrogen-bond acceptors (Lipinski definition) is 4. The highest BCUT2D eigenvalue weighted by Gasteiger charge is 2.08. The van der Waals surface area contributed by atoms with Crippen LogP contribution in [0.4, 0.5) is 5.82 Å². The molecule has 0 unspecified atom stereocenters. The van der Waals surface area contributed by atoms with Crippen molar-refractivity contribution in [1.82, 2.24) is 4.98 Å². The van der Waals surface area contributed by atoms with Gasteiger partial charge in [-0.05, 0) is 35.0 Å². The van der Waals surface area contributed by atoms with E-state index in [-0.39, 0.29) is 0 Å². The van der Waals surface area contributed by atoms with Gasteiger partial charge >= 0.3 is 5.97 Å². The van der Waals surface area contributed by atoms with Crippen molar-refractivity contribution in [2.75, 3.05) is 12.3 Å². The van der Waals surface area contributed by atoms with Gasteiger partial charge in [-0.15, -0.1) is 0 Å². The topological polar surface area (TPSA) is 65.2 Å². The van der Waals surface area contributed by atoms with Crippen molar-refractivity contribution in [3.63, 3.8) is 0 Å². The number of halogens is 1. The smallest absolute Gasteiger partial charge is 0.330 e. The van der Waals surface area contributed by atoms with Crippen LogP contribution in [0.2, 0.25) is 0 Å². The maximum Gasteiger partial charge on any atom is 0.330 e. The number of nitrogens with zero attached hydrogens (tertiary/aromatic N) is 1. The summed E-state index contributed by atoms with van der Waals surface area (Å²) in [6.07, 6.45) is 2.94. The van der Waals surface area contributed by atoms with Crippen LogP contribution < -0.4 is 5.73 Å². The minimum atomic E-state index is -0.403. The number of ether oxygens (including phenoxy) is 1. The first-order valence-corrected chi connectivity index (χ1v) is 7.27. The number of hydrogen-bond donors (Lipinski definition) is 1. The van der Waals surface area contributed by atoms with Crippen molar-refractivity contribution in [1.29, 1.82) is 0 Å². The zero-order chi connectivity index (χ0) is 15.2. The molecule has 0 saturated heterocycles. The number of rotatable bonds is 4. The number of aromatic nitrogens is 1. The molecule has 0 atom stereocenters. The number of pyridine rings is 1. The Morgan fingerprint density at radius 1 is 1.38 bits per heavy atom. The first-order valence-electron chi connectivity index (χ1n) is 6.48. The monoisotopic (exact) mass is 346 g/mol. The van der Waals surface area contributed by atoms with Gasteiger partial charge in [0.1, 0.15) is 5.82 Å². The Morgan fingerprint density at radius 3 is 2.76 bits per heavy atom. The molecule has 0 aliphatic carbocycles. The molecule has 108 valence electrons. The molecule has 2 aromatic rings. The van der Waals surface area contributed by atoms with E-state index in [1.54, 1.807) is 13.0 Å². The fourth-order valence-corrected chi connectivity index (χ4v) is 2.36. The van der Waals surface area contributed by atoms with E-state index in [0.29, 0.717) is 18.0 Å². The molecule has 2 rings (SSSR count). The summed E-state index contributed by atoms with van der Waals surface area (Å²) in [6.45, 7) is 2.10. The van der Waals surface area contributed by atoms with Crippen molar-refractivity contribution in [2.24, 2.45) is 0 Å². The molecule has 2 N–H and O–H groups in total. The van der Waals surface area contributed by atoms with E-state index in [2.05, 4.69) is 20.9 Å². The summed E-state index contributed by atoms with van der Waals surface area (Å²) in [5, 5.41) is 0. The van der Waals surface area contributed by atoms with Crippen molar-refractivity contribution < 1.29 is 9.53 Å². The minimum Gasteiger partial charge on any atom is -0.463 e. The largest absolute Gasteiger partial charge is 0.463 e. The van der Waals surface area contributed by atoms with Crippen LogP contribution in [0.3, 0.4) is 0 Å². The molecule has 1 heterocycles. The maximum atomic E-state index is 11.3. The van der Waals surface area contributed by atoms with E-state index in [0.717, 1.165) is 15.7 Å². The van der Waals surface area contributed by atoms with Gasteiger partial charge in [-0.25, -0.2) is 9.78 Å². The van der Waals surface area contributed by atoms with Crippen molar-refractivity contribution >= 4 is 33.8 Å². The van der Waals surface area contributed by atoms with Gasteiger partial charge in [0.05, 0.1) is 12.3 Å². The van der Waals surface area contributed by atoms with Crippen LogP contribution in [0.1, 0.15) is 12.5 Å². The highest BCUT2D eigenvalue weighted by Crippen LogP contribution is 2.29. The van der Waals surface area contributed by atoms with E-state index >= 15 is 0 Å². The molecular weight excluding hydrogens is 332 g/mol. The lowest BCUT2D eigenvalue weighted by molar-refractivity contribution is -0.137. The number of carbonyl (C=O) groups excluding carboxylic acids is 1. The maximum absolute atomic E-state index is 11.3. The second kappa shape index (κ2) is 7.04. The summed E-state index contributed by atoms with van der Waals surface area (Å²) in [4.78, 5) is 15.7. The molecule has 0 spiro atoms. The second-order valence-electron chi connectivity index (χ2n) is 4.24. The van der Waals surface area contributed by atoms with Gasteiger partial charge in [0.25, 0.3) is 0 Å². The van der Waals surface area contributed by atoms with E-state index < -0.39 is 5.97 Å². The van der Waals surface area contributed by atoms with Gasteiger partial charge in [-0.2, -0.15) is 0 Å². The number of carbonyl (C=O) groups is 1. The quantitative estimate of drug-likeness (QED) is 0.677. The lowest BCUT2D eigenvalue weighted by Crippen LogP contribution is -2.00. The van der Waals surface area contributed by atoms with Gasteiger partial charge in [0, 0.05) is 21.7 Å². The average molecular weight is 347 g/mol. The summed E-state index contributed by atoms with van der Waals surface area (Å²) in [6, 6.07) is 11.6. The first kappa shape index (κ1) is 15.3. The van der Waals surface area contributed by atoms with Crippen molar-refractivity contribution in [3.05, 3.63) is 52.5 Å². The Bertz CT molecular complexity index is 669. The molecular formula is C16H15BrN2O2. The van der Waals surface area contributed by atoms with Crippen LogP contribution in [0.25, 0.3) is 17.3 Å². The Labute approximate surface area is 131 Å². The van der Waals surface area contributed by atoms with Crippen molar-refractivity contribution in [3.8, 4) is 11.3 Å². The molecule has 1 aromatic carbocycles. The SMILES string of the molecule is CCOC(=O)/C=C/c1cc(Br)c(-c2ccccc2)nc1N. The number of nitrogens with two attached hydrogens (primary N) is 1. The molecule has 0 saturated carbocycles. The lowest BCUT2D eigenvalue weighted by atomic mass is 10.1. The summed E-state index contributed by atoms with van der Waals surface area (Å²) in [5.74, 6) is -0.0437. The number of esters is 1. The summed E-state index contributed by atoms with van der Waals surface area (Å²) in [5.41, 5.74) is 8.35. The van der Waals surface area contributed by atoms with Crippen LogP contribution in [-0.4, -0.2) is 17.6 Å². The number of anilines is 1. The zero-order valence-electron chi connectivity index (χ0n) is 11.5. The Morgan fingerprint density at radius 2 is 2.10 bits per heavy atom. The molecule has 4 nitrogen and oxygen atoms in total. The minimum absolute atomic E-state index is 0.341. The van der Waals surface area contributed by atoms with Crippen LogP contribution >= 0.6 is 15.9 Å². The fourth-order valence-electron chi connectivity index (χ4n) is 1.80. The van der Waals surface area contributed by atoms with E-state index in [9.17, 15) is 4.79 Å². The van der Waals surface area contributed by atoms with Crippen LogP contribution in [0, 0.1) is 0 Å². The van der Waals surface area contributed by atoms with Gasteiger partial charge in [-0.3, -0.25) is 0 Å². The molecule has 5 heteroatoms. The van der Waals surface area contributed by atoms with Gasteiger partial charge in [0.15, 0.2) is 0 Å². The number of nitrogen functional groups attached to an aromatic ring is 1. The molecule has 0 aliphatic heterocycles. The Balaban J connectivity index is 2.32. The van der Waals surface area contributed by atoms with Gasteiger partial charge in [-0.1, -0.05) is 30.3 Å². The normalized spacial score (nSPS) is 10.8. The average Bonchev–Trinajstić information content (AvgIpc) is 2.49. The molecule has 0 bridgehead atoms. The third-order valence-corrected chi connectivity index (χ3v) is 3.37. The summed E-state index contributed by atoms with van der Waals surface area (Å²) >= 11 is 3.49. The molecule has 21 heavy (non-hydrogen) atoms. The first-order chi connectivity index (χ1) is 10.1. The lowest BCUT2D eigenvalue weighted by Gasteiger charge is -2.08. The highest BCUT2D eigenvalue weighted by atomic mass is 79.9. The molecule has 0 amide bonds. The van der Waals surface area contributed by atoms with E-state index in [4.69, 9.17) is 10.5 Å². The third-order valence-electron chi connectivity index (χ3n) is 2.77. The van der Waals surface area contributed by atoms with Crippen molar-refractivity contribution in [2.45, 2.75) is 6.92 Å². The van der Waals surface area contributed by atoms with Crippen LogP contribution in [0.5, 0.6) is 0 Å². The third kappa shape index (κ3) is 3.92. The summed E-state index contributed by atoms with van der Waals surface area (Å²) in [7, 11) is 0. The Hall–Kier alpha value is -2.14. The standard InChI is InChI=1S/C16H15BrN2O2/c1-2-21-14(20)9-8-12-10-13(17)15(19-16(12)18)11-6-4-3-5-7-11/h3-10H,2H2,1H3,(H2,18,19)/b9-8+. The molecule has 0 radical (unpaired) electrons. The van der Waals surface area contributed by atoms with E-state index in [1.807, 2.05) is 36.4 Å². The van der Waals surface area contributed by atoms with Gasteiger partial charge < -0.3 is 10.5 Å². The molecule has 1 aromatic heterocycles. The predicted octanol–water partition coefficient (Wildman–Crippen LogP) is 3.67. The molecule has 0 fully saturated rings. The molecule has 0 aliphatic rings. The predicted molar refractivity (Wildman–Crippen MR) is 87.5 cm³/mol. The van der Waals surface area contributed by atoms with Gasteiger partial charge in [0.2, 0.25) is 0 Å². The number of benzene rings is 1. The fraction of sp³-hybridized carbons (Fsp3) is 0.125. The zero-order valence-corrected chi connectivity index (χ0v) is 13.1. The summed E-state index contributed by atoms with van der Waals surface area (Å²) < 4.78 is 5.64. The van der Waals surface area contributed by atoms with E-state index in [1.165, 1.54) is 6.08 Å². The second-order valence-corrected chi connectivity index (χ2v) is 5.10. The van der Waals surface area contributed by atoms with Crippen LogP contribution in [-0.2, 0) is 9.53 Å². The Kier molecular flexibility index (Phi) is 5.11.